The molecule has 0 atom stereocenters. The molecule has 0 spiro atoms. The van der Waals surface area contributed by atoms with Crippen LogP contribution in [0.4, 0.5) is 0 Å². The summed E-state index contributed by atoms with van der Waals surface area (Å²) in [5.41, 5.74) is 0. The Bertz CT molecular complexity index is 222. The van der Waals surface area contributed by atoms with E-state index in [1.807, 2.05) is 0 Å². The standard InChI is InChI=1S/C13H26N2O/c1-10(2)7-14-13(16)9-15(8-11(3)4)12-5-6-12/h10-12H,5-9H2,1-4H3,(H,14,16). The summed E-state index contributed by atoms with van der Waals surface area (Å²) < 4.78 is 0. The number of carbonyl (C=O) groups excluding carboxylic acids is 1. The molecule has 16 heavy (non-hydrogen) atoms. The van der Waals surface area contributed by atoms with Gasteiger partial charge >= 0.3 is 0 Å². The predicted octanol–water partition coefficient (Wildman–Crippen LogP) is 1.88. The van der Waals surface area contributed by atoms with Gasteiger partial charge in [-0.25, -0.2) is 0 Å². The summed E-state index contributed by atoms with van der Waals surface area (Å²) in [7, 11) is 0. The number of hydrogen-bond acceptors (Lipinski definition) is 2. The molecule has 0 bridgehead atoms. The van der Waals surface area contributed by atoms with Gasteiger partial charge in [0.05, 0.1) is 6.54 Å². The molecule has 3 nitrogen and oxygen atoms in total. The van der Waals surface area contributed by atoms with E-state index in [-0.39, 0.29) is 5.91 Å². The van der Waals surface area contributed by atoms with Gasteiger partial charge in [-0.3, -0.25) is 9.69 Å². The lowest BCUT2D eigenvalue weighted by Gasteiger charge is -2.23. The van der Waals surface area contributed by atoms with Gasteiger partial charge in [0, 0.05) is 19.1 Å². The second-order valence-electron chi connectivity index (χ2n) is 5.75. The second kappa shape index (κ2) is 6.24. The van der Waals surface area contributed by atoms with Gasteiger partial charge < -0.3 is 5.32 Å². The smallest absolute Gasteiger partial charge is 0.234 e. The van der Waals surface area contributed by atoms with Crippen molar-refractivity contribution in [3.05, 3.63) is 0 Å². The molecule has 1 fully saturated rings. The molecule has 3 heteroatoms. The van der Waals surface area contributed by atoms with Crippen LogP contribution in [0.5, 0.6) is 0 Å². The summed E-state index contributed by atoms with van der Waals surface area (Å²) in [6.45, 7) is 11.1. The Labute approximate surface area is 99.6 Å². The molecule has 1 aliphatic carbocycles. The lowest BCUT2D eigenvalue weighted by Crippen LogP contribution is -2.41. The fraction of sp³-hybridized carbons (Fsp3) is 0.923. The molecule has 0 aromatic rings. The first-order chi connectivity index (χ1) is 7.49. The van der Waals surface area contributed by atoms with Crippen molar-refractivity contribution >= 4 is 5.91 Å². The van der Waals surface area contributed by atoms with Crippen molar-refractivity contribution in [3.8, 4) is 0 Å². The lowest BCUT2D eigenvalue weighted by molar-refractivity contribution is -0.122. The van der Waals surface area contributed by atoms with Crippen LogP contribution in [-0.4, -0.2) is 36.5 Å². The summed E-state index contributed by atoms with van der Waals surface area (Å²) in [5.74, 6) is 1.35. The highest BCUT2D eigenvalue weighted by molar-refractivity contribution is 5.78. The van der Waals surface area contributed by atoms with E-state index < -0.39 is 0 Å². The van der Waals surface area contributed by atoms with E-state index in [1.165, 1.54) is 12.8 Å². The van der Waals surface area contributed by atoms with Crippen molar-refractivity contribution < 1.29 is 4.79 Å². The molecule has 1 N–H and O–H groups in total. The zero-order valence-electron chi connectivity index (χ0n) is 11.1. The van der Waals surface area contributed by atoms with Crippen LogP contribution in [0.25, 0.3) is 0 Å². The average Bonchev–Trinajstić information content (AvgIpc) is 2.96. The quantitative estimate of drug-likeness (QED) is 0.719. The molecule has 1 amide bonds. The van der Waals surface area contributed by atoms with Crippen LogP contribution in [-0.2, 0) is 4.79 Å². The minimum Gasteiger partial charge on any atom is -0.355 e. The number of hydrogen-bond donors (Lipinski definition) is 1. The fourth-order valence-corrected chi connectivity index (χ4v) is 1.81. The van der Waals surface area contributed by atoms with E-state index in [0.717, 1.165) is 13.1 Å². The second-order valence-corrected chi connectivity index (χ2v) is 5.75. The van der Waals surface area contributed by atoms with Crippen molar-refractivity contribution in [2.24, 2.45) is 11.8 Å². The van der Waals surface area contributed by atoms with Crippen LogP contribution in [0, 0.1) is 11.8 Å². The minimum absolute atomic E-state index is 0.182. The van der Waals surface area contributed by atoms with E-state index in [1.54, 1.807) is 0 Å². The number of carbonyl (C=O) groups is 1. The first kappa shape index (κ1) is 13.5. The zero-order chi connectivity index (χ0) is 12.1. The fourth-order valence-electron chi connectivity index (χ4n) is 1.81. The van der Waals surface area contributed by atoms with Crippen molar-refractivity contribution in [3.63, 3.8) is 0 Å². The maximum atomic E-state index is 11.7. The van der Waals surface area contributed by atoms with Crippen LogP contribution >= 0.6 is 0 Å². The lowest BCUT2D eigenvalue weighted by atomic mass is 10.2. The van der Waals surface area contributed by atoms with E-state index >= 15 is 0 Å². The van der Waals surface area contributed by atoms with Crippen LogP contribution in [0.2, 0.25) is 0 Å². The third kappa shape index (κ3) is 5.50. The van der Waals surface area contributed by atoms with E-state index in [4.69, 9.17) is 0 Å². The highest BCUT2D eigenvalue weighted by atomic mass is 16.2. The molecule has 0 unspecified atom stereocenters. The molecule has 0 aliphatic heterocycles. The monoisotopic (exact) mass is 226 g/mol. The summed E-state index contributed by atoms with van der Waals surface area (Å²) >= 11 is 0. The molecule has 94 valence electrons. The van der Waals surface area contributed by atoms with Crippen molar-refractivity contribution in [1.29, 1.82) is 0 Å². The SMILES string of the molecule is CC(C)CNC(=O)CN(CC(C)C)C1CC1. The van der Waals surface area contributed by atoms with E-state index in [2.05, 4.69) is 37.9 Å². The number of rotatable bonds is 7. The largest absolute Gasteiger partial charge is 0.355 e. The Balaban J connectivity index is 2.27. The first-order valence-electron chi connectivity index (χ1n) is 6.49. The molecule has 1 aliphatic rings. The highest BCUT2D eigenvalue weighted by Crippen LogP contribution is 2.27. The first-order valence-corrected chi connectivity index (χ1v) is 6.49. The predicted molar refractivity (Wildman–Crippen MR) is 67.3 cm³/mol. The van der Waals surface area contributed by atoms with Gasteiger partial charge in [-0.15, -0.1) is 0 Å². The van der Waals surface area contributed by atoms with Crippen LogP contribution in [0.1, 0.15) is 40.5 Å². The van der Waals surface area contributed by atoms with Gasteiger partial charge in [-0.1, -0.05) is 27.7 Å². The topological polar surface area (TPSA) is 32.3 Å². The minimum atomic E-state index is 0.182. The normalized spacial score (nSPS) is 16.2. The van der Waals surface area contributed by atoms with E-state index in [0.29, 0.717) is 24.4 Å². The molecule has 0 aromatic carbocycles. The van der Waals surface area contributed by atoms with Gasteiger partial charge in [0.15, 0.2) is 0 Å². The Morgan fingerprint density at radius 2 is 1.88 bits per heavy atom. The summed E-state index contributed by atoms with van der Waals surface area (Å²) in [6.07, 6.45) is 2.54. The molecular formula is C13H26N2O. The Kier molecular flexibility index (Phi) is 5.26. The Morgan fingerprint density at radius 1 is 1.25 bits per heavy atom. The van der Waals surface area contributed by atoms with Gasteiger partial charge in [-0.2, -0.15) is 0 Å². The van der Waals surface area contributed by atoms with Gasteiger partial charge in [0.1, 0.15) is 0 Å². The number of nitrogens with zero attached hydrogens (tertiary/aromatic N) is 1. The Hall–Kier alpha value is -0.570. The zero-order valence-corrected chi connectivity index (χ0v) is 11.1. The summed E-state index contributed by atoms with van der Waals surface area (Å²) in [4.78, 5) is 14.1. The highest BCUT2D eigenvalue weighted by Gasteiger charge is 2.30. The van der Waals surface area contributed by atoms with Crippen LogP contribution < -0.4 is 5.32 Å². The van der Waals surface area contributed by atoms with Crippen molar-refractivity contribution in [1.82, 2.24) is 10.2 Å². The third-order valence-corrected chi connectivity index (χ3v) is 2.72. The summed E-state index contributed by atoms with van der Waals surface area (Å²) in [6, 6.07) is 0.673. The molecule has 0 saturated heterocycles. The summed E-state index contributed by atoms with van der Waals surface area (Å²) in [5, 5.41) is 2.99. The maximum Gasteiger partial charge on any atom is 0.234 e. The molecular weight excluding hydrogens is 200 g/mol. The van der Waals surface area contributed by atoms with Crippen LogP contribution in [0.15, 0.2) is 0 Å². The molecule has 1 saturated carbocycles. The van der Waals surface area contributed by atoms with Gasteiger partial charge in [-0.05, 0) is 24.7 Å². The van der Waals surface area contributed by atoms with E-state index in [9.17, 15) is 4.79 Å². The van der Waals surface area contributed by atoms with Crippen LogP contribution in [0.3, 0.4) is 0 Å². The number of nitrogens with one attached hydrogen (secondary N) is 1. The third-order valence-electron chi connectivity index (χ3n) is 2.72. The van der Waals surface area contributed by atoms with Gasteiger partial charge in [0.2, 0.25) is 5.91 Å². The van der Waals surface area contributed by atoms with Crippen molar-refractivity contribution in [2.75, 3.05) is 19.6 Å². The Morgan fingerprint density at radius 3 is 2.31 bits per heavy atom. The number of amides is 1. The maximum absolute atomic E-state index is 11.7. The molecule has 0 heterocycles. The molecule has 0 radical (unpaired) electrons. The average molecular weight is 226 g/mol. The molecule has 0 aromatic heterocycles. The van der Waals surface area contributed by atoms with Crippen molar-refractivity contribution in [2.45, 2.75) is 46.6 Å². The molecule has 1 rings (SSSR count). The van der Waals surface area contributed by atoms with Gasteiger partial charge in [0.25, 0.3) is 0 Å².